The van der Waals surface area contributed by atoms with Gasteiger partial charge in [-0.25, -0.2) is 0 Å². The molecule has 2 amide bonds. The minimum atomic E-state index is -0.544. The summed E-state index contributed by atoms with van der Waals surface area (Å²) >= 11 is 0. The van der Waals surface area contributed by atoms with Crippen LogP contribution in [0.3, 0.4) is 0 Å². The average molecular weight is 392 g/mol. The molecule has 0 bridgehead atoms. The lowest BCUT2D eigenvalue weighted by molar-refractivity contribution is -0.147. The minimum Gasteiger partial charge on any atom is -0.456 e. The van der Waals surface area contributed by atoms with E-state index < -0.39 is 11.9 Å². The molecule has 0 aromatic heterocycles. The summed E-state index contributed by atoms with van der Waals surface area (Å²) < 4.78 is 5.08. The van der Waals surface area contributed by atoms with Gasteiger partial charge in [0.25, 0.3) is 11.8 Å². The van der Waals surface area contributed by atoms with E-state index in [0.29, 0.717) is 11.3 Å². The maximum Gasteiger partial charge on any atom is 0.308 e. The predicted octanol–water partition coefficient (Wildman–Crippen LogP) is 3.56. The Bertz CT molecular complexity index is 946. The Morgan fingerprint density at radius 2 is 1.83 bits per heavy atom. The van der Waals surface area contributed by atoms with Gasteiger partial charge in [0.1, 0.15) is 0 Å². The fraction of sp³-hybridized carbons (Fsp3) is 0.261. The van der Waals surface area contributed by atoms with Gasteiger partial charge in [-0.15, -0.1) is 0 Å². The van der Waals surface area contributed by atoms with E-state index in [9.17, 15) is 14.4 Å². The summed E-state index contributed by atoms with van der Waals surface area (Å²) in [6.45, 7) is 7.65. The number of ether oxygens (including phenoxy) is 1. The highest BCUT2D eigenvalue weighted by atomic mass is 16.5. The fourth-order valence-electron chi connectivity index (χ4n) is 3.37. The van der Waals surface area contributed by atoms with E-state index in [2.05, 4.69) is 11.9 Å². The van der Waals surface area contributed by atoms with E-state index in [1.165, 1.54) is 4.90 Å². The van der Waals surface area contributed by atoms with E-state index in [0.717, 1.165) is 28.8 Å². The van der Waals surface area contributed by atoms with Gasteiger partial charge in [0.15, 0.2) is 6.61 Å². The molecule has 0 aliphatic carbocycles. The van der Waals surface area contributed by atoms with Crippen LogP contribution in [0.2, 0.25) is 0 Å². The zero-order valence-electron chi connectivity index (χ0n) is 16.7. The first-order valence-electron chi connectivity index (χ1n) is 9.56. The van der Waals surface area contributed by atoms with E-state index in [4.69, 9.17) is 4.74 Å². The summed E-state index contributed by atoms with van der Waals surface area (Å²) in [7, 11) is 0. The number of anilines is 1. The first kappa shape index (κ1) is 20.3. The lowest BCUT2D eigenvalue weighted by atomic mass is 10.1. The molecular formula is C23H24N2O4. The number of rotatable bonds is 7. The molecule has 6 nitrogen and oxygen atoms in total. The Kier molecular flexibility index (Phi) is 6.12. The number of carbonyl (C=O) groups is 3. The average Bonchev–Trinajstić information content (AvgIpc) is 2.96. The van der Waals surface area contributed by atoms with Crippen LogP contribution in [0.25, 0.3) is 5.70 Å². The van der Waals surface area contributed by atoms with Crippen LogP contribution >= 0.6 is 0 Å². The van der Waals surface area contributed by atoms with Crippen LogP contribution in [0, 0.1) is 6.92 Å². The van der Waals surface area contributed by atoms with E-state index >= 15 is 0 Å². The molecule has 1 N–H and O–H groups in total. The second-order valence-corrected chi connectivity index (χ2v) is 6.87. The summed E-state index contributed by atoms with van der Waals surface area (Å²) in [5.74, 6) is -1.11. The largest absolute Gasteiger partial charge is 0.456 e. The van der Waals surface area contributed by atoms with Crippen molar-refractivity contribution < 1.29 is 19.1 Å². The van der Waals surface area contributed by atoms with Crippen LogP contribution < -0.4 is 5.32 Å². The molecule has 0 saturated heterocycles. The second-order valence-electron chi connectivity index (χ2n) is 6.87. The van der Waals surface area contributed by atoms with Gasteiger partial charge in [0.2, 0.25) is 0 Å². The van der Waals surface area contributed by atoms with Crippen LogP contribution in [0.5, 0.6) is 0 Å². The number of hydrogen-bond donors (Lipinski definition) is 1. The van der Waals surface area contributed by atoms with E-state index in [-0.39, 0.29) is 25.5 Å². The van der Waals surface area contributed by atoms with Crippen molar-refractivity contribution in [3.05, 3.63) is 71.3 Å². The molecule has 2 aromatic rings. The Hall–Kier alpha value is -3.41. The van der Waals surface area contributed by atoms with Crippen molar-refractivity contribution in [2.45, 2.75) is 26.7 Å². The molecular weight excluding hydrogens is 368 g/mol. The smallest absolute Gasteiger partial charge is 0.308 e. The Labute approximate surface area is 170 Å². The third-order valence-corrected chi connectivity index (χ3v) is 4.95. The van der Waals surface area contributed by atoms with Gasteiger partial charge in [0.05, 0.1) is 6.42 Å². The van der Waals surface area contributed by atoms with Crippen molar-refractivity contribution in [1.82, 2.24) is 4.90 Å². The maximum absolute atomic E-state index is 12.4. The Balaban J connectivity index is 1.49. The zero-order chi connectivity index (χ0) is 21.0. The van der Waals surface area contributed by atoms with Crippen LogP contribution in [0.1, 0.15) is 40.4 Å². The lowest BCUT2D eigenvalue weighted by Gasteiger charge is -2.17. The number of esters is 1. The summed E-state index contributed by atoms with van der Waals surface area (Å²) in [6, 6.07) is 13.0. The number of fused-ring (bicyclic) bond motifs is 1. The fourth-order valence-corrected chi connectivity index (χ4v) is 3.37. The van der Waals surface area contributed by atoms with E-state index in [1.54, 1.807) is 12.1 Å². The number of para-hydroxylation sites is 1. The van der Waals surface area contributed by atoms with Gasteiger partial charge in [-0.2, -0.15) is 0 Å². The quantitative estimate of drug-likeness (QED) is 0.731. The minimum absolute atomic E-state index is 0.0173. The second kappa shape index (κ2) is 8.73. The molecule has 3 rings (SSSR count). The van der Waals surface area contributed by atoms with Crippen LogP contribution in [0.15, 0.2) is 49.0 Å². The molecule has 0 fully saturated rings. The normalized spacial score (nSPS) is 12.7. The third-order valence-electron chi connectivity index (χ3n) is 4.95. The molecule has 1 aliphatic heterocycles. The van der Waals surface area contributed by atoms with Crippen LogP contribution in [0.4, 0.5) is 5.69 Å². The summed E-state index contributed by atoms with van der Waals surface area (Å²) in [6.07, 6.45) is 0.768. The van der Waals surface area contributed by atoms with Crippen LogP contribution in [-0.2, 0) is 20.7 Å². The van der Waals surface area contributed by atoms with Crippen molar-refractivity contribution in [3.8, 4) is 0 Å². The van der Waals surface area contributed by atoms with Gasteiger partial charge in [-0.1, -0.05) is 49.9 Å². The SMILES string of the molecule is C=C1c2ccccc2C(=O)N1CCC(=O)OCC(=O)Nc1c(C)cccc1CC. The number of aryl methyl sites for hydroxylation is 2. The molecule has 150 valence electrons. The molecule has 0 saturated carbocycles. The highest BCUT2D eigenvalue weighted by Gasteiger charge is 2.30. The summed E-state index contributed by atoms with van der Waals surface area (Å²) in [5, 5.41) is 2.81. The highest BCUT2D eigenvalue weighted by Crippen LogP contribution is 2.31. The molecule has 6 heteroatoms. The van der Waals surface area contributed by atoms with Gasteiger partial charge in [-0.3, -0.25) is 14.4 Å². The van der Waals surface area contributed by atoms with Crippen molar-refractivity contribution in [1.29, 1.82) is 0 Å². The number of amides is 2. The number of nitrogens with one attached hydrogen (secondary N) is 1. The number of hydrogen-bond acceptors (Lipinski definition) is 4. The van der Waals surface area contributed by atoms with Gasteiger partial charge in [0, 0.05) is 29.1 Å². The monoisotopic (exact) mass is 392 g/mol. The molecule has 29 heavy (non-hydrogen) atoms. The number of nitrogens with zero attached hydrogens (tertiary/aromatic N) is 1. The van der Waals surface area contributed by atoms with Gasteiger partial charge >= 0.3 is 5.97 Å². The van der Waals surface area contributed by atoms with Crippen molar-refractivity contribution in [2.75, 3.05) is 18.5 Å². The third kappa shape index (κ3) is 4.37. The van der Waals surface area contributed by atoms with Crippen molar-refractivity contribution in [3.63, 3.8) is 0 Å². The van der Waals surface area contributed by atoms with Crippen LogP contribution in [-0.4, -0.2) is 35.8 Å². The number of benzene rings is 2. The van der Waals surface area contributed by atoms with Crippen molar-refractivity contribution in [2.24, 2.45) is 0 Å². The molecule has 0 atom stereocenters. The molecule has 1 aliphatic rings. The molecule has 0 unspecified atom stereocenters. The standard InChI is InChI=1S/C23H24N2O4/c1-4-17-9-7-8-15(2)22(17)24-20(26)14-29-21(27)12-13-25-16(3)18-10-5-6-11-19(18)23(25)28/h5-11H,3-4,12-14H2,1-2H3,(H,24,26). The number of carbonyl (C=O) groups excluding carboxylic acids is 3. The molecule has 0 radical (unpaired) electrons. The van der Waals surface area contributed by atoms with Gasteiger partial charge in [-0.05, 0) is 30.5 Å². The summed E-state index contributed by atoms with van der Waals surface area (Å²) in [4.78, 5) is 38.1. The Morgan fingerprint density at radius 3 is 2.52 bits per heavy atom. The first-order valence-corrected chi connectivity index (χ1v) is 9.56. The zero-order valence-corrected chi connectivity index (χ0v) is 16.7. The molecule has 2 aromatic carbocycles. The van der Waals surface area contributed by atoms with Crippen molar-refractivity contribution >= 4 is 29.2 Å². The topological polar surface area (TPSA) is 75.7 Å². The predicted molar refractivity (Wildman–Crippen MR) is 111 cm³/mol. The molecule has 0 spiro atoms. The first-order chi connectivity index (χ1) is 13.9. The highest BCUT2D eigenvalue weighted by molar-refractivity contribution is 6.08. The van der Waals surface area contributed by atoms with Gasteiger partial charge < -0.3 is 15.0 Å². The lowest BCUT2D eigenvalue weighted by Crippen LogP contribution is -2.27. The van der Waals surface area contributed by atoms with E-state index in [1.807, 2.05) is 44.2 Å². The molecule has 1 heterocycles. The maximum atomic E-state index is 12.4. The Morgan fingerprint density at radius 1 is 1.10 bits per heavy atom. The summed E-state index contributed by atoms with van der Waals surface area (Å²) in [5.41, 5.74) is 4.66.